The minimum atomic E-state index is -0.542. The van der Waals surface area contributed by atoms with Crippen LogP contribution in [0.15, 0.2) is 67.1 Å². The van der Waals surface area contributed by atoms with Crippen LogP contribution in [-0.2, 0) is 5.75 Å². The number of hydrogen-bond acceptors (Lipinski definition) is 7. The Kier molecular flexibility index (Phi) is 5.65. The van der Waals surface area contributed by atoms with E-state index in [4.69, 9.17) is 8.83 Å². The summed E-state index contributed by atoms with van der Waals surface area (Å²) in [5, 5.41) is 3.69. The first-order chi connectivity index (χ1) is 16.0. The van der Waals surface area contributed by atoms with E-state index in [1.54, 1.807) is 24.3 Å². The van der Waals surface area contributed by atoms with E-state index in [2.05, 4.69) is 15.8 Å². The molecular formula is C24H19N3O4S2. The topological polar surface area (TPSA) is 97.4 Å². The standard InChI is InChI=1S/C24H19N3O4S2/c1-13-11-32-24(25-13)33-12-17-16-8-4-6-10-19(16)31-21(17)23(29)27-26-22(28)20-14(2)15-7-3-5-9-18(15)30-20/h3-11H,12H2,1-2H3,(H,26,28)(H,27,29). The summed E-state index contributed by atoms with van der Waals surface area (Å²) in [6.07, 6.45) is 0. The Labute approximate surface area is 197 Å². The van der Waals surface area contributed by atoms with Crippen LogP contribution in [0, 0.1) is 13.8 Å². The maximum absolute atomic E-state index is 13.0. The molecule has 0 saturated carbocycles. The predicted octanol–water partition coefficient (Wildman–Crippen LogP) is 5.62. The van der Waals surface area contributed by atoms with Gasteiger partial charge in [-0.15, -0.1) is 11.3 Å². The number of para-hydroxylation sites is 2. The number of rotatable bonds is 5. The monoisotopic (exact) mass is 477 g/mol. The van der Waals surface area contributed by atoms with Crippen LogP contribution < -0.4 is 10.9 Å². The molecule has 0 fully saturated rings. The van der Waals surface area contributed by atoms with Gasteiger partial charge in [0.05, 0.1) is 0 Å². The second-order valence-electron chi connectivity index (χ2n) is 7.41. The number of hydrogen-bond donors (Lipinski definition) is 2. The van der Waals surface area contributed by atoms with Crippen LogP contribution in [0.3, 0.4) is 0 Å². The van der Waals surface area contributed by atoms with Crippen molar-refractivity contribution in [1.82, 2.24) is 15.8 Å². The Morgan fingerprint density at radius 1 is 0.909 bits per heavy atom. The van der Waals surface area contributed by atoms with Crippen molar-refractivity contribution in [2.24, 2.45) is 0 Å². The lowest BCUT2D eigenvalue weighted by Gasteiger charge is -2.06. The summed E-state index contributed by atoms with van der Waals surface area (Å²) in [6.45, 7) is 3.75. The van der Waals surface area contributed by atoms with Crippen LogP contribution in [0.4, 0.5) is 0 Å². The van der Waals surface area contributed by atoms with E-state index in [0.29, 0.717) is 22.5 Å². The molecule has 166 valence electrons. The lowest BCUT2D eigenvalue weighted by Crippen LogP contribution is -2.41. The van der Waals surface area contributed by atoms with Gasteiger partial charge in [-0.05, 0) is 26.0 Å². The highest BCUT2D eigenvalue weighted by Gasteiger charge is 2.23. The first kappa shape index (κ1) is 21.3. The molecule has 3 aromatic heterocycles. The van der Waals surface area contributed by atoms with Gasteiger partial charge in [0.2, 0.25) is 0 Å². The summed E-state index contributed by atoms with van der Waals surface area (Å²) in [6, 6.07) is 14.9. The van der Waals surface area contributed by atoms with E-state index in [9.17, 15) is 9.59 Å². The molecule has 2 N–H and O–H groups in total. The molecule has 33 heavy (non-hydrogen) atoms. The van der Waals surface area contributed by atoms with Gasteiger partial charge in [-0.25, -0.2) is 4.98 Å². The van der Waals surface area contributed by atoms with E-state index in [1.807, 2.05) is 54.8 Å². The van der Waals surface area contributed by atoms with E-state index in [-0.39, 0.29) is 11.5 Å². The minimum Gasteiger partial charge on any atom is -0.451 e. The van der Waals surface area contributed by atoms with Gasteiger partial charge in [0.25, 0.3) is 0 Å². The number of nitrogens with one attached hydrogen (secondary N) is 2. The summed E-state index contributed by atoms with van der Waals surface area (Å²) in [5.74, 6) is -0.278. The van der Waals surface area contributed by atoms with Gasteiger partial charge < -0.3 is 8.83 Å². The first-order valence-corrected chi connectivity index (χ1v) is 12.0. The van der Waals surface area contributed by atoms with Crippen LogP contribution in [0.2, 0.25) is 0 Å². The van der Waals surface area contributed by atoms with E-state index >= 15 is 0 Å². The second kappa shape index (κ2) is 8.76. The molecule has 2 aromatic carbocycles. The normalized spacial score (nSPS) is 11.2. The predicted molar refractivity (Wildman–Crippen MR) is 129 cm³/mol. The van der Waals surface area contributed by atoms with Crippen LogP contribution in [-0.4, -0.2) is 16.8 Å². The SMILES string of the molecule is Cc1csc(SCc2c(C(=O)NNC(=O)c3oc4ccccc4c3C)oc3ccccc23)n1. The Hall–Kier alpha value is -3.56. The Morgan fingerprint density at radius 3 is 2.18 bits per heavy atom. The fourth-order valence-corrected chi connectivity index (χ4v) is 5.45. The number of aryl methyl sites for hydroxylation is 2. The molecule has 0 atom stereocenters. The third-order valence-electron chi connectivity index (χ3n) is 5.18. The maximum atomic E-state index is 13.0. The average molecular weight is 478 g/mol. The largest absolute Gasteiger partial charge is 0.451 e. The Bertz CT molecular complexity index is 1500. The number of thiazole rings is 1. The molecule has 0 bridgehead atoms. The molecule has 5 rings (SSSR count). The number of carbonyl (C=O) groups excluding carboxylic acids is 2. The van der Waals surface area contributed by atoms with Crippen molar-refractivity contribution in [1.29, 1.82) is 0 Å². The molecule has 2 amide bonds. The number of nitrogens with zero attached hydrogens (tertiary/aromatic N) is 1. The maximum Gasteiger partial charge on any atom is 0.305 e. The van der Waals surface area contributed by atoms with Crippen molar-refractivity contribution in [3.63, 3.8) is 0 Å². The number of furan rings is 2. The molecule has 0 aliphatic heterocycles. The molecular weight excluding hydrogens is 458 g/mol. The quantitative estimate of drug-likeness (QED) is 0.252. The summed E-state index contributed by atoms with van der Waals surface area (Å²) in [5.41, 5.74) is 8.52. The molecule has 0 unspecified atom stereocenters. The lowest BCUT2D eigenvalue weighted by molar-refractivity contribution is 0.0818. The third kappa shape index (κ3) is 4.12. The number of thioether (sulfide) groups is 1. The zero-order valence-corrected chi connectivity index (χ0v) is 19.4. The summed E-state index contributed by atoms with van der Waals surface area (Å²) < 4.78 is 12.4. The van der Waals surface area contributed by atoms with Crippen molar-refractivity contribution in [3.8, 4) is 0 Å². The lowest BCUT2D eigenvalue weighted by atomic mass is 10.1. The fourth-order valence-electron chi connectivity index (χ4n) is 3.58. The highest BCUT2D eigenvalue weighted by molar-refractivity contribution is 8.00. The van der Waals surface area contributed by atoms with Gasteiger partial charge >= 0.3 is 11.8 Å². The number of hydrazine groups is 1. The van der Waals surface area contributed by atoms with E-state index < -0.39 is 11.8 Å². The molecule has 5 aromatic rings. The van der Waals surface area contributed by atoms with Crippen molar-refractivity contribution in [2.45, 2.75) is 23.9 Å². The zero-order valence-electron chi connectivity index (χ0n) is 17.8. The van der Waals surface area contributed by atoms with Gasteiger partial charge in [0.1, 0.15) is 15.5 Å². The van der Waals surface area contributed by atoms with Gasteiger partial charge in [-0.1, -0.05) is 48.2 Å². The van der Waals surface area contributed by atoms with Crippen molar-refractivity contribution >= 4 is 56.9 Å². The van der Waals surface area contributed by atoms with Gasteiger partial charge in [0.15, 0.2) is 11.5 Å². The van der Waals surface area contributed by atoms with Crippen LogP contribution in [0.5, 0.6) is 0 Å². The van der Waals surface area contributed by atoms with Crippen molar-refractivity contribution in [3.05, 3.63) is 82.3 Å². The van der Waals surface area contributed by atoms with Gasteiger partial charge in [0, 0.05) is 38.7 Å². The van der Waals surface area contributed by atoms with E-state index in [1.165, 1.54) is 11.8 Å². The highest BCUT2D eigenvalue weighted by atomic mass is 32.2. The molecule has 0 saturated heterocycles. The zero-order chi connectivity index (χ0) is 22.9. The third-order valence-corrected chi connectivity index (χ3v) is 7.35. The molecule has 0 spiro atoms. The molecule has 0 aliphatic carbocycles. The number of carbonyl (C=O) groups is 2. The molecule has 3 heterocycles. The highest BCUT2D eigenvalue weighted by Crippen LogP contribution is 2.33. The number of aromatic nitrogens is 1. The number of fused-ring (bicyclic) bond motifs is 2. The van der Waals surface area contributed by atoms with E-state index in [0.717, 1.165) is 26.4 Å². The molecule has 7 nitrogen and oxygen atoms in total. The average Bonchev–Trinajstić information content (AvgIpc) is 3.51. The van der Waals surface area contributed by atoms with Crippen LogP contribution in [0.25, 0.3) is 21.9 Å². The summed E-state index contributed by atoms with van der Waals surface area (Å²) >= 11 is 3.10. The van der Waals surface area contributed by atoms with Crippen LogP contribution >= 0.6 is 23.1 Å². The Morgan fingerprint density at radius 2 is 1.52 bits per heavy atom. The Balaban J connectivity index is 1.36. The molecule has 0 radical (unpaired) electrons. The summed E-state index contributed by atoms with van der Waals surface area (Å²) in [4.78, 5) is 30.1. The van der Waals surface area contributed by atoms with Gasteiger partial charge in [-0.2, -0.15) is 0 Å². The van der Waals surface area contributed by atoms with Crippen molar-refractivity contribution in [2.75, 3.05) is 0 Å². The fraction of sp³-hybridized carbons (Fsp3) is 0.125. The van der Waals surface area contributed by atoms with Crippen molar-refractivity contribution < 1.29 is 18.4 Å². The second-order valence-corrected chi connectivity index (χ2v) is 9.49. The first-order valence-electron chi connectivity index (χ1n) is 10.2. The minimum absolute atomic E-state index is 0.149. The molecule has 9 heteroatoms. The molecule has 0 aliphatic rings. The number of benzene rings is 2. The number of amides is 2. The van der Waals surface area contributed by atoms with Crippen LogP contribution in [0.1, 0.15) is 37.9 Å². The smallest absolute Gasteiger partial charge is 0.305 e. The summed E-state index contributed by atoms with van der Waals surface area (Å²) in [7, 11) is 0. The van der Waals surface area contributed by atoms with Gasteiger partial charge in [-0.3, -0.25) is 20.4 Å².